The summed E-state index contributed by atoms with van der Waals surface area (Å²) < 4.78 is 32.9. The van der Waals surface area contributed by atoms with E-state index in [1.807, 2.05) is 6.07 Å². The third-order valence-electron chi connectivity index (χ3n) is 6.27. The molecule has 0 spiro atoms. The number of aromatic hydroxyl groups is 1. The molecular weight excluding hydrogens is 420 g/mol. The van der Waals surface area contributed by atoms with Gasteiger partial charge in [0.05, 0.1) is 26.7 Å². The molecule has 2 heterocycles. The van der Waals surface area contributed by atoms with Crippen LogP contribution in [0.2, 0.25) is 0 Å². The van der Waals surface area contributed by atoms with Crippen LogP contribution in [0.5, 0.6) is 28.7 Å². The van der Waals surface area contributed by atoms with Gasteiger partial charge in [0.15, 0.2) is 23.0 Å². The first-order valence-electron chi connectivity index (χ1n) is 10.1. The summed E-state index contributed by atoms with van der Waals surface area (Å²) in [6, 6.07) is 6.95. The minimum absolute atomic E-state index is 0.0802. The molecule has 1 unspecified atom stereocenters. The van der Waals surface area contributed by atoms with Crippen molar-refractivity contribution in [1.29, 1.82) is 0 Å². The van der Waals surface area contributed by atoms with Gasteiger partial charge in [-0.1, -0.05) is 0 Å². The Kier molecular flexibility index (Phi) is 4.76. The number of methoxy groups -OCH3 is 2. The van der Waals surface area contributed by atoms with E-state index in [1.54, 1.807) is 18.2 Å². The zero-order valence-electron chi connectivity index (χ0n) is 17.7. The molecule has 0 amide bonds. The highest BCUT2D eigenvalue weighted by atomic mass is 16.7. The Balaban J connectivity index is 1.75. The normalized spacial score (nSPS) is 24.9. The molecule has 1 aliphatic carbocycles. The van der Waals surface area contributed by atoms with Gasteiger partial charge in [-0.2, -0.15) is 0 Å². The molecule has 0 aromatic heterocycles. The molecular formula is C23H22O9. The molecule has 0 radical (unpaired) electrons. The van der Waals surface area contributed by atoms with Crippen LogP contribution in [0.1, 0.15) is 35.6 Å². The van der Waals surface area contributed by atoms with Gasteiger partial charge in [-0.3, -0.25) is 9.59 Å². The van der Waals surface area contributed by atoms with Gasteiger partial charge in [0, 0.05) is 24.3 Å². The third-order valence-corrected chi connectivity index (χ3v) is 6.27. The number of ether oxygens (including phenoxy) is 6. The number of rotatable bonds is 4. The van der Waals surface area contributed by atoms with Gasteiger partial charge in [0.2, 0.25) is 12.5 Å². The Bertz CT molecular complexity index is 1080. The summed E-state index contributed by atoms with van der Waals surface area (Å²) in [4.78, 5) is 24.8. The SMILES string of the molecule is COc1cc(C2c3cc4c(cc3[C@H](OC(C)=O)[C@H]3COC(=O)[C@H]23)OCO4)cc(OC)c1O. The van der Waals surface area contributed by atoms with E-state index in [-0.39, 0.29) is 36.6 Å². The first-order valence-corrected chi connectivity index (χ1v) is 10.1. The van der Waals surface area contributed by atoms with E-state index in [2.05, 4.69) is 0 Å². The molecule has 0 saturated carbocycles. The predicted molar refractivity (Wildman–Crippen MR) is 108 cm³/mol. The lowest BCUT2D eigenvalue weighted by molar-refractivity contribution is -0.152. The van der Waals surface area contributed by atoms with Gasteiger partial charge in [0.1, 0.15) is 6.10 Å². The number of phenols is 1. The lowest BCUT2D eigenvalue weighted by atomic mass is 9.66. The average Bonchev–Trinajstić information content (AvgIpc) is 3.39. The van der Waals surface area contributed by atoms with Crippen molar-refractivity contribution in [2.75, 3.05) is 27.6 Å². The number of cyclic esters (lactones) is 1. The van der Waals surface area contributed by atoms with Crippen molar-refractivity contribution in [1.82, 2.24) is 0 Å². The third kappa shape index (κ3) is 2.99. The van der Waals surface area contributed by atoms with Crippen molar-refractivity contribution in [3.63, 3.8) is 0 Å². The Labute approximate surface area is 183 Å². The summed E-state index contributed by atoms with van der Waals surface area (Å²) >= 11 is 0. The van der Waals surface area contributed by atoms with Gasteiger partial charge in [-0.25, -0.2) is 0 Å². The molecule has 1 N–H and O–H groups in total. The number of hydrogen-bond donors (Lipinski definition) is 1. The second kappa shape index (κ2) is 7.51. The summed E-state index contributed by atoms with van der Waals surface area (Å²) in [5.74, 6) is -0.949. The predicted octanol–water partition coefficient (Wildman–Crippen LogP) is 2.68. The molecule has 4 atom stereocenters. The molecule has 1 saturated heterocycles. The fourth-order valence-electron chi connectivity index (χ4n) is 4.94. The van der Waals surface area contributed by atoms with Crippen molar-refractivity contribution >= 4 is 11.9 Å². The second-order valence-electron chi connectivity index (χ2n) is 7.94. The molecule has 2 aromatic rings. The summed E-state index contributed by atoms with van der Waals surface area (Å²) in [7, 11) is 2.88. The molecule has 9 nitrogen and oxygen atoms in total. The fourth-order valence-corrected chi connectivity index (χ4v) is 4.94. The maximum absolute atomic E-state index is 12.9. The van der Waals surface area contributed by atoms with Crippen molar-refractivity contribution < 1.29 is 43.1 Å². The van der Waals surface area contributed by atoms with Crippen LogP contribution in [0.25, 0.3) is 0 Å². The number of carbonyl (C=O) groups is 2. The zero-order chi connectivity index (χ0) is 22.6. The number of esters is 2. The van der Waals surface area contributed by atoms with Crippen molar-refractivity contribution in [2.24, 2.45) is 11.8 Å². The largest absolute Gasteiger partial charge is 0.502 e. The van der Waals surface area contributed by atoms with E-state index in [4.69, 9.17) is 28.4 Å². The van der Waals surface area contributed by atoms with E-state index in [0.717, 1.165) is 11.1 Å². The quantitative estimate of drug-likeness (QED) is 0.715. The molecule has 32 heavy (non-hydrogen) atoms. The van der Waals surface area contributed by atoms with Crippen LogP contribution in [0.3, 0.4) is 0 Å². The Hall–Kier alpha value is -3.62. The van der Waals surface area contributed by atoms with Gasteiger partial charge in [0.25, 0.3) is 0 Å². The number of benzene rings is 2. The van der Waals surface area contributed by atoms with E-state index in [9.17, 15) is 14.7 Å². The Morgan fingerprint density at radius 3 is 2.22 bits per heavy atom. The van der Waals surface area contributed by atoms with Crippen LogP contribution in [-0.2, 0) is 19.1 Å². The number of hydrogen-bond acceptors (Lipinski definition) is 9. The van der Waals surface area contributed by atoms with E-state index in [1.165, 1.54) is 21.1 Å². The van der Waals surface area contributed by atoms with E-state index < -0.39 is 29.8 Å². The summed E-state index contributed by atoms with van der Waals surface area (Å²) in [6.45, 7) is 1.54. The van der Waals surface area contributed by atoms with Gasteiger partial charge in [-0.05, 0) is 35.4 Å². The van der Waals surface area contributed by atoms with Gasteiger partial charge in [-0.15, -0.1) is 0 Å². The molecule has 9 heteroatoms. The molecule has 1 fully saturated rings. The van der Waals surface area contributed by atoms with Crippen molar-refractivity contribution in [3.8, 4) is 28.7 Å². The maximum atomic E-state index is 12.9. The van der Waals surface area contributed by atoms with Gasteiger partial charge < -0.3 is 33.5 Å². The lowest BCUT2D eigenvalue weighted by Crippen LogP contribution is -2.36. The first kappa shape index (κ1) is 20.3. The summed E-state index contributed by atoms with van der Waals surface area (Å²) in [6.07, 6.45) is -0.675. The minimum Gasteiger partial charge on any atom is -0.502 e. The monoisotopic (exact) mass is 442 g/mol. The number of fused-ring (bicyclic) bond motifs is 3. The first-order chi connectivity index (χ1) is 15.4. The standard InChI is InChI=1S/C23H22O9/c1-10(24)32-22-13-7-16-15(30-9-31-16)6-12(13)19(20-14(22)8-29-23(20)26)11-4-17(27-2)21(25)18(5-11)28-3/h4-7,14,19-20,22,25H,8-9H2,1-3H3/t14-,19?,20-,22-/m0/s1. The van der Waals surface area contributed by atoms with E-state index in [0.29, 0.717) is 17.1 Å². The molecule has 168 valence electrons. The highest BCUT2D eigenvalue weighted by Gasteiger charge is 2.54. The Morgan fingerprint density at radius 1 is 1.00 bits per heavy atom. The average molecular weight is 442 g/mol. The fraction of sp³-hybridized carbons (Fsp3) is 0.391. The highest BCUT2D eigenvalue weighted by molar-refractivity contribution is 5.79. The summed E-state index contributed by atoms with van der Waals surface area (Å²) in [5.41, 5.74) is 2.15. The topological polar surface area (TPSA) is 110 Å². The number of carbonyl (C=O) groups excluding carboxylic acids is 2. The van der Waals surface area contributed by atoms with Crippen LogP contribution >= 0.6 is 0 Å². The molecule has 2 aromatic carbocycles. The zero-order valence-corrected chi connectivity index (χ0v) is 17.7. The van der Waals surface area contributed by atoms with Crippen LogP contribution < -0.4 is 18.9 Å². The van der Waals surface area contributed by atoms with Crippen LogP contribution in [0, 0.1) is 11.8 Å². The molecule has 0 bridgehead atoms. The number of phenolic OH excluding ortho intramolecular Hbond substituents is 1. The Morgan fingerprint density at radius 2 is 1.62 bits per heavy atom. The lowest BCUT2D eigenvalue weighted by Gasteiger charge is -2.38. The summed E-state index contributed by atoms with van der Waals surface area (Å²) in [5, 5.41) is 10.4. The van der Waals surface area contributed by atoms with Crippen molar-refractivity contribution in [2.45, 2.75) is 18.9 Å². The second-order valence-corrected chi connectivity index (χ2v) is 7.94. The van der Waals surface area contributed by atoms with Crippen LogP contribution in [-0.4, -0.2) is 44.7 Å². The molecule has 3 aliphatic rings. The van der Waals surface area contributed by atoms with E-state index >= 15 is 0 Å². The molecule has 2 aliphatic heterocycles. The highest BCUT2D eigenvalue weighted by Crippen LogP contribution is 2.56. The van der Waals surface area contributed by atoms with Crippen LogP contribution in [0.15, 0.2) is 24.3 Å². The molecule has 5 rings (SSSR count). The van der Waals surface area contributed by atoms with Gasteiger partial charge >= 0.3 is 11.9 Å². The van der Waals surface area contributed by atoms with Crippen LogP contribution in [0.4, 0.5) is 0 Å². The minimum atomic E-state index is -0.675. The maximum Gasteiger partial charge on any atom is 0.310 e. The smallest absolute Gasteiger partial charge is 0.310 e. The van der Waals surface area contributed by atoms with Crippen molar-refractivity contribution in [3.05, 3.63) is 41.0 Å².